The van der Waals surface area contributed by atoms with E-state index in [4.69, 9.17) is 0 Å². The summed E-state index contributed by atoms with van der Waals surface area (Å²) in [5.74, 6) is -0.222. The molecule has 0 amide bonds. The molecule has 1 aromatic rings. The highest BCUT2D eigenvalue weighted by Gasteiger charge is 2.32. The summed E-state index contributed by atoms with van der Waals surface area (Å²) in [4.78, 5) is 2.13. The van der Waals surface area contributed by atoms with Crippen molar-refractivity contribution < 1.29 is 17.9 Å². The zero-order valence-electron chi connectivity index (χ0n) is 10.3. The summed E-state index contributed by atoms with van der Waals surface area (Å²) in [7, 11) is 1.91. The predicted octanol–water partition coefficient (Wildman–Crippen LogP) is 3.15. The number of hydrogen-bond acceptors (Lipinski definition) is 3. The fourth-order valence-electron chi connectivity index (χ4n) is 2.12. The van der Waals surface area contributed by atoms with E-state index >= 15 is 0 Å². The van der Waals surface area contributed by atoms with Crippen LogP contribution in [0, 0.1) is 0 Å². The Morgan fingerprint density at radius 1 is 1.42 bits per heavy atom. The molecule has 0 aliphatic carbocycles. The van der Waals surface area contributed by atoms with Crippen LogP contribution in [0.15, 0.2) is 22.7 Å². The largest absolute Gasteiger partial charge is 0.573 e. The van der Waals surface area contributed by atoms with Crippen LogP contribution in [0.1, 0.15) is 6.42 Å². The number of ether oxygens (including phenoxy) is 1. The number of rotatable bonds is 3. The first-order valence-electron chi connectivity index (χ1n) is 5.86. The van der Waals surface area contributed by atoms with Gasteiger partial charge in [0.05, 0.1) is 4.47 Å². The van der Waals surface area contributed by atoms with Crippen LogP contribution in [-0.2, 0) is 0 Å². The predicted molar refractivity (Wildman–Crippen MR) is 70.5 cm³/mol. The number of halogens is 4. The van der Waals surface area contributed by atoms with Gasteiger partial charge in [-0.15, -0.1) is 13.2 Å². The van der Waals surface area contributed by atoms with E-state index in [1.165, 1.54) is 6.07 Å². The summed E-state index contributed by atoms with van der Waals surface area (Å²) in [6.45, 7) is 1.74. The Balaban J connectivity index is 2.11. The standard InChI is InChI=1S/C12H14BrF3N2O/c1-17-8-4-5-18(7-8)9-2-3-11(10(13)6-9)19-12(14,15)16/h2-3,6,8,17H,4-5,7H2,1H3. The third-order valence-corrected chi connectivity index (χ3v) is 3.72. The van der Waals surface area contributed by atoms with E-state index < -0.39 is 6.36 Å². The van der Waals surface area contributed by atoms with E-state index in [9.17, 15) is 13.2 Å². The Bertz CT molecular complexity index is 453. The van der Waals surface area contributed by atoms with E-state index in [-0.39, 0.29) is 5.75 Å². The van der Waals surface area contributed by atoms with E-state index in [1.54, 1.807) is 12.1 Å². The SMILES string of the molecule is CNC1CCN(c2ccc(OC(F)(F)F)c(Br)c2)C1. The molecule has 1 unspecified atom stereocenters. The molecule has 1 aliphatic heterocycles. The maximum Gasteiger partial charge on any atom is 0.573 e. The number of nitrogens with zero attached hydrogens (tertiary/aromatic N) is 1. The first kappa shape index (κ1) is 14.5. The summed E-state index contributed by atoms with van der Waals surface area (Å²) >= 11 is 3.11. The second-order valence-electron chi connectivity index (χ2n) is 4.38. The first-order valence-corrected chi connectivity index (χ1v) is 6.66. The lowest BCUT2D eigenvalue weighted by Crippen LogP contribution is -2.29. The fraction of sp³-hybridized carbons (Fsp3) is 0.500. The normalized spacial score (nSPS) is 19.8. The van der Waals surface area contributed by atoms with Crippen molar-refractivity contribution in [2.45, 2.75) is 18.8 Å². The van der Waals surface area contributed by atoms with Gasteiger partial charge >= 0.3 is 6.36 Å². The number of likely N-dealkylation sites (N-methyl/N-ethyl adjacent to an activating group) is 1. The van der Waals surface area contributed by atoms with Gasteiger partial charge in [0.25, 0.3) is 0 Å². The van der Waals surface area contributed by atoms with E-state index in [1.807, 2.05) is 7.05 Å². The molecule has 7 heteroatoms. The molecule has 0 saturated carbocycles. The van der Waals surface area contributed by atoms with Crippen molar-refractivity contribution in [1.29, 1.82) is 0 Å². The Kier molecular flexibility index (Phi) is 4.25. The van der Waals surface area contributed by atoms with Crippen molar-refractivity contribution in [3.8, 4) is 5.75 Å². The maximum atomic E-state index is 12.2. The van der Waals surface area contributed by atoms with Crippen LogP contribution in [0.25, 0.3) is 0 Å². The van der Waals surface area contributed by atoms with Crippen LogP contribution >= 0.6 is 15.9 Å². The molecule has 1 N–H and O–H groups in total. The third kappa shape index (κ3) is 3.76. The Hall–Kier alpha value is -0.950. The molecular weight excluding hydrogens is 325 g/mol. The molecule has 2 rings (SSSR count). The fourth-order valence-corrected chi connectivity index (χ4v) is 2.57. The van der Waals surface area contributed by atoms with Crippen LogP contribution in [0.3, 0.4) is 0 Å². The second kappa shape index (κ2) is 5.58. The van der Waals surface area contributed by atoms with Crippen molar-refractivity contribution in [3.63, 3.8) is 0 Å². The van der Waals surface area contributed by atoms with Gasteiger partial charge < -0.3 is 15.0 Å². The van der Waals surface area contributed by atoms with Crippen molar-refractivity contribution in [2.75, 3.05) is 25.0 Å². The van der Waals surface area contributed by atoms with Gasteiger partial charge in [-0.05, 0) is 47.6 Å². The molecule has 3 nitrogen and oxygen atoms in total. The Labute approximate surface area is 117 Å². The van der Waals surface area contributed by atoms with Crippen molar-refractivity contribution in [2.24, 2.45) is 0 Å². The molecule has 0 bridgehead atoms. The minimum atomic E-state index is -4.67. The lowest BCUT2D eigenvalue weighted by molar-refractivity contribution is -0.274. The Morgan fingerprint density at radius 3 is 2.68 bits per heavy atom. The van der Waals surface area contributed by atoms with Crippen LogP contribution in [0.2, 0.25) is 0 Å². The summed E-state index contributed by atoms with van der Waals surface area (Å²) in [5, 5.41) is 3.19. The summed E-state index contributed by atoms with van der Waals surface area (Å²) in [6, 6.07) is 5.05. The smallest absolute Gasteiger partial charge is 0.405 e. The summed E-state index contributed by atoms with van der Waals surface area (Å²) in [6.07, 6.45) is -3.65. The second-order valence-corrected chi connectivity index (χ2v) is 5.24. The highest BCUT2D eigenvalue weighted by Crippen LogP contribution is 2.34. The van der Waals surface area contributed by atoms with Crippen molar-refractivity contribution >= 4 is 21.6 Å². The first-order chi connectivity index (χ1) is 8.89. The van der Waals surface area contributed by atoms with Crippen LogP contribution < -0.4 is 15.0 Å². The topological polar surface area (TPSA) is 24.5 Å². The lowest BCUT2D eigenvalue weighted by Gasteiger charge is -2.20. The Morgan fingerprint density at radius 2 is 2.16 bits per heavy atom. The molecule has 1 fully saturated rings. The quantitative estimate of drug-likeness (QED) is 0.916. The molecule has 0 spiro atoms. The van der Waals surface area contributed by atoms with Gasteiger partial charge in [0.2, 0.25) is 0 Å². The number of hydrogen-bond donors (Lipinski definition) is 1. The van der Waals surface area contributed by atoms with Crippen molar-refractivity contribution in [1.82, 2.24) is 5.32 Å². The number of alkyl halides is 3. The summed E-state index contributed by atoms with van der Waals surface area (Å²) < 4.78 is 40.7. The molecule has 1 aliphatic rings. The van der Waals surface area contributed by atoms with Gasteiger partial charge in [-0.25, -0.2) is 0 Å². The number of benzene rings is 1. The van der Waals surface area contributed by atoms with E-state index in [2.05, 4.69) is 30.9 Å². The average Bonchev–Trinajstić information content (AvgIpc) is 2.79. The molecule has 0 aromatic heterocycles. The average molecular weight is 339 g/mol. The van der Waals surface area contributed by atoms with Crippen molar-refractivity contribution in [3.05, 3.63) is 22.7 Å². The highest BCUT2D eigenvalue weighted by atomic mass is 79.9. The zero-order valence-corrected chi connectivity index (χ0v) is 11.9. The van der Waals surface area contributed by atoms with Gasteiger partial charge in [0.1, 0.15) is 5.75 Å². The van der Waals surface area contributed by atoms with Gasteiger partial charge in [0, 0.05) is 24.8 Å². The molecule has 1 saturated heterocycles. The molecule has 106 valence electrons. The molecule has 1 heterocycles. The van der Waals surface area contributed by atoms with Gasteiger partial charge in [0.15, 0.2) is 0 Å². The zero-order chi connectivity index (χ0) is 14.0. The van der Waals surface area contributed by atoms with Crippen LogP contribution in [0.5, 0.6) is 5.75 Å². The van der Waals surface area contributed by atoms with Gasteiger partial charge in [-0.2, -0.15) is 0 Å². The van der Waals surface area contributed by atoms with Gasteiger partial charge in [-0.3, -0.25) is 0 Å². The minimum absolute atomic E-state index is 0.222. The van der Waals surface area contributed by atoms with E-state index in [0.29, 0.717) is 10.5 Å². The molecule has 1 aromatic carbocycles. The van der Waals surface area contributed by atoms with Crippen LogP contribution in [-0.4, -0.2) is 32.5 Å². The minimum Gasteiger partial charge on any atom is -0.405 e. The number of anilines is 1. The monoisotopic (exact) mass is 338 g/mol. The third-order valence-electron chi connectivity index (χ3n) is 3.10. The molecule has 19 heavy (non-hydrogen) atoms. The van der Waals surface area contributed by atoms with Gasteiger partial charge in [-0.1, -0.05) is 0 Å². The highest BCUT2D eigenvalue weighted by molar-refractivity contribution is 9.10. The molecule has 0 radical (unpaired) electrons. The lowest BCUT2D eigenvalue weighted by atomic mass is 10.2. The summed E-state index contributed by atoms with van der Waals surface area (Å²) in [5.41, 5.74) is 0.888. The maximum absolute atomic E-state index is 12.2. The number of nitrogens with one attached hydrogen (secondary N) is 1. The molecule has 1 atom stereocenters. The molecular formula is C12H14BrF3N2O. The van der Waals surface area contributed by atoms with E-state index in [0.717, 1.165) is 25.2 Å². The van der Waals surface area contributed by atoms with Crippen LogP contribution in [0.4, 0.5) is 18.9 Å².